The van der Waals surface area contributed by atoms with Crippen LogP contribution in [0.15, 0.2) is 0 Å². The zero-order chi connectivity index (χ0) is 13.2. The molecule has 0 spiro atoms. The van der Waals surface area contributed by atoms with Gasteiger partial charge >= 0.3 is 5.97 Å². The normalized spacial score (nSPS) is 28.3. The van der Waals surface area contributed by atoms with E-state index in [0.29, 0.717) is 12.1 Å². The molecule has 1 N–H and O–H groups in total. The molecule has 1 aliphatic heterocycles. The molecule has 1 rings (SSSR count). The molecular formula is C13H26N2O2. The third-order valence-corrected chi connectivity index (χ3v) is 3.83. The van der Waals surface area contributed by atoms with Gasteiger partial charge in [0.05, 0.1) is 0 Å². The van der Waals surface area contributed by atoms with Crippen LogP contribution in [0, 0.1) is 0 Å². The fourth-order valence-electron chi connectivity index (χ4n) is 2.40. The molecule has 0 amide bonds. The van der Waals surface area contributed by atoms with Gasteiger partial charge in [0.15, 0.2) is 0 Å². The van der Waals surface area contributed by atoms with Crippen molar-refractivity contribution in [2.24, 2.45) is 0 Å². The fraction of sp³-hybridized carbons (Fsp3) is 0.923. The summed E-state index contributed by atoms with van der Waals surface area (Å²) in [6.07, 6.45) is 1.00. The first-order valence-electron chi connectivity index (χ1n) is 6.40. The summed E-state index contributed by atoms with van der Waals surface area (Å²) in [6.45, 7) is 10.9. The maximum atomic E-state index is 10.7. The standard InChI is InChI=1S/C13H26N2O2/c1-10-8-15(13(2,3)4)9-11(14(10)5)6-7-12(16)17/h10-11H,6-9H2,1-5H3,(H,16,17). The predicted octanol–water partition coefficient (Wildman–Crippen LogP) is 1.65. The van der Waals surface area contributed by atoms with Crippen molar-refractivity contribution < 1.29 is 9.90 Å². The number of hydrogen-bond donors (Lipinski definition) is 1. The Bertz CT molecular complexity index is 273. The zero-order valence-corrected chi connectivity index (χ0v) is 11.7. The van der Waals surface area contributed by atoms with Gasteiger partial charge in [-0.15, -0.1) is 0 Å². The summed E-state index contributed by atoms with van der Waals surface area (Å²) < 4.78 is 0. The minimum atomic E-state index is -0.695. The lowest BCUT2D eigenvalue weighted by Gasteiger charge is -2.49. The average molecular weight is 242 g/mol. The highest BCUT2D eigenvalue weighted by molar-refractivity contribution is 5.66. The molecule has 4 heteroatoms. The van der Waals surface area contributed by atoms with Gasteiger partial charge in [0.1, 0.15) is 0 Å². The van der Waals surface area contributed by atoms with E-state index in [4.69, 9.17) is 5.11 Å². The number of carboxylic acid groups (broad SMARTS) is 1. The monoisotopic (exact) mass is 242 g/mol. The SMILES string of the molecule is CC1CN(C(C)(C)C)CC(CCC(=O)O)N1C. The lowest BCUT2D eigenvalue weighted by molar-refractivity contribution is -0.137. The number of aliphatic carboxylic acids is 1. The van der Waals surface area contributed by atoms with Crippen LogP contribution >= 0.6 is 0 Å². The molecule has 1 heterocycles. The summed E-state index contributed by atoms with van der Waals surface area (Å²) in [5, 5.41) is 8.79. The topological polar surface area (TPSA) is 43.8 Å². The first kappa shape index (κ1) is 14.5. The summed E-state index contributed by atoms with van der Waals surface area (Å²) in [4.78, 5) is 15.5. The summed E-state index contributed by atoms with van der Waals surface area (Å²) in [6, 6.07) is 0.843. The van der Waals surface area contributed by atoms with E-state index in [0.717, 1.165) is 19.5 Å². The van der Waals surface area contributed by atoms with E-state index >= 15 is 0 Å². The van der Waals surface area contributed by atoms with E-state index < -0.39 is 5.97 Å². The van der Waals surface area contributed by atoms with E-state index in [1.165, 1.54) is 0 Å². The Morgan fingerprint density at radius 1 is 1.35 bits per heavy atom. The molecule has 1 fully saturated rings. The second-order valence-electron chi connectivity index (χ2n) is 6.18. The maximum Gasteiger partial charge on any atom is 0.303 e. The van der Waals surface area contributed by atoms with E-state index in [1.807, 2.05) is 0 Å². The van der Waals surface area contributed by atoms with Gasteiger partial charge < -0.3 is 5.11 Å². The summed E-state index contributed by atoms with van der Waals surface area (Å²) in [5.41, 5.74) is 0.164. The highest BCUT2D eigenvalue weighted by Crippen LogP contribution is 2.23. The zero-order valence-electron chi connectivity index (χ0n) is 11.7. The molecule has 17 heavy (non-hydrogen) atoms. The highest BCUT2D eigenvalue weighted by atomic mass is 16.4. The van der Waals surface area contributed by atoms with Crippen molar-refractivity contribution in [2.75, 3.05) is 20.1 Å². The van der Waals surface area contributed by atoms with Crippen LogP contribution in [0.25, 0.3) is 0 Å². The first-order valence-corrected chi connectivity index (χ1v) is 6.40. The van der Waals surface area contributed by atoms with Crippen LogP contribution < -0.4 is 0 Å². The second kappa shape index (κ2) is 5.36. The third kappa shape index (κ3) is 3.96. The number of hydrogen-bond acceptors (Lipinski definition) is 3. The minimum Gasteiger partial charge on any atom is -0.481 e. The van der Waals surface area contributed by atoms with E-state index in [2.05, 4.69) is 44.5 Å². The number of carboxylic acids is 1. The molecule has 4 nitrogen and oxygen atoms in total. The van der Waals surface area contributed by atoms with Crippen molar-refractivity contribution >= 4 is 5.97 Å². The number of rotatable bonds is 3. The van der Waals surface area contributed by atoms with Crippen LogP contribution in [0.4, 0.5) is 0 Å². The van der Waals surface area contributed by atoms with Crippen LogP contribution in [0.1, 0.15) is 40.5 Å². The average Bonchev–Trinajstić information content (AvgIpc) is 2.18. The van der Waals surface area contributed by atoms with Gasteiger partial charge in [0.2, 0.25) is 0 Å². The smallest absolute Gasteiger partial charge is 0.303 e. The molecule has 2 unspecified atom stereocenters. The maximum absolute atomic E-state index is 10.7. The van der Waals surface area contributed by atoms with Crippen molar-refractivity contribution in [2.45, 2.75) is 58.2 Å². The van der Waals surface area contributed by atoms with Crippen molar-refractivity contribution in [3.8, 4) is 0 Å². The molecular weight excluding hydrogens is 216 g/mol. The van der Waals surface area contributed by atoms with Crippen LogP contribution in [0.3, 0.4) is 0 Å². The Morgan fingerprint density at radius 2 is 1.94 bits per heavy atom. The van der Waals surface area contributed by atoms with Gasteiger partial charge in [-0.25, -0.2) is 0 Å². The highest BCUT2D eigenvalue weighted by Gasteiger charge is 2.34. The molecule has 100 valence electrons. The fourth-order valence-corrected chi connectivity index (χ4v) is 2.40. The molecule has 2 atom stereocenters. The molecule has 1 aliphatic rings. The van der Waals surface area contributed by atoms with E-state index in [1.54, 1.807) is 0 Å². The molecule has 0 aromatic heterocycles. The van der Waals surface area contributed by atoms with Gasteiger partial charge in [0.25, 0.3) is 0 Å². The molecule has 0 radical (unpaired) electrons. The Labute approximate surface area is 105 Å². The Hall–Kier alpha value is -0.610. The largest absolute Gasteiger partial charge is 0.481 e. The Balaban J connectivity index is 2.64. The second-order valence-corrected chi connectivity index (χ2v) is 6.18. The number of piperazine rings is 1. The number of likely N-dealkylation sites (N-methyl/N-ethyl adjacent to an activating group) is 1. The van der Waals surface area contributed by atoms with Crippen LogP contribution in [-0.4, -0.2) is 58.6 Å². The van der Waals surface area contributed by atoms with Crippen molar-refractivity contribution in [3.05, 3.63) is 0 Å². The molecule has 0 saturated carbocycles. The molecule has 0 aliphatic carbocycles. The van der Waals surface area contributed by atoms with Gasteiger partial charge in [-0.05, 0) is 41.2 Å². The van der Waals surface area contributed by atoms with Crippen LogP contribution in [0.2, 0.25) is 0 Å². The first-order chi connectivity index (χ1) is 7.71. The third-order valence-electron chi connectivity index (χ3n) is 3.83. The van der Waals surface area contributed by atoms with E-state index in [9.17, 15) is 4.79 Å². The summed E-state index contributed by atoms with van der Waals surface area (Å²) >= 11 is 0. The van der Waals surface area contributed by atoms with Gasteiger partial charge in [-0.1, -0.05) is 0 Å². The number of carbonyl (C=O) groups is 1. The van der Waals surface area contributed by atoms with Crippen molar-refractivity contribution in [1.29, 1.82) is 0 Å². The lowest BCUT2D eigenvalue weighted by atomic mass is 9.97. The molecule has 0 aromatic rings. The van der Waals surface area contributed by atoms with Crippen LogP contribution in [0.5, 0.6) is 0 Å². The Kier molecular flexibility index (Phi) is 4.55. The van der Waals surface area contributed by atoms with Crippen molar-refractivity contribution in [1.82, 2.24) is 9.80 Å². The Morgan fingerprint density at radius 3 is 2.41 bits per heavy atom. The lowest BCUT2D eigenvalue weighted by Crippen LogP contribution is -2.60. The quantitative estimate of drug-likeness (QED) is 0.817. The number of nitrogens with zero attached hydrogens (tertiary/aromatic N) is 2. The van der Waals surface area contributed by atoms with Gasteiger partial charge in [0, 0.05) is 37.1 Å². The summed E-state index contributed by atoms with van der Waals surface area (Å²) in [5.74, 6) is -0.695. The predicted molar refractivity (Wildman–Crippen MR) is 69.2 cm³/mol. The molecule has 0 bridgehead atoms. The van der Waals surface area contributed by atoms with Gasteiger partial charge in [-0.2, -0.15) is 0 Å². The van der Waals surface area contributed by atoms with Crippen LogP contribution in [-0.2, 0) is 4.79 Å². The molecule has 0 aromatic carbocycles. The molecule has 1 saturated heterocycles. The van der Waals surface area contributed by atoms with Crippen molar-refractivity contribution in [3.63, 3.8) is 0 Å². The van der Waals surface area contributed by atoms with Gasteiger partial charge in [-0.3, -0.25) is 14.6 Å². The minimum absolute atomic E-state index is 0.164. The van der Waals surface area contributed by atoms with E-state index in [-0.39, 0.29) is 12.0 Å². The summed E-state index contributed by atoms with van der Waals surface area (Å²) in [7, 11) is 2.11.